The average molecular weight is 331 g/mol. The minimum Gasteiger partial charge on any atom is -0.480 e. The number of nitrogens with zero attached hydrogens (tertiary/aromatic N) is 2. The topological polar surface area (TPSA) is 65.5 Å². The van der Waals surface area contributed by atoms with E-state index < -0.39 is 5.97 Å². The van der Waals surface area contributed by atoms with Crippen LogP contribution in [0.2, 0.25) is 0 Å². The molecule has 0 aromatic carbocycles. The number of aryl methyl sites for hydroxylation is 2. The first kappa shape index (κ1) is 17.4. The van der Waals surface area contributed by atoms with Gasteiger partial charge in [0.1, 0.15) is 0 Å². The van der Waals surface area contributed by atoms with E-state index in [0.29, 0.717) is 12.1 Å². The molecule has 2 fully saturated rings. The van der Waals surface area contributed by atoms with E-state index in [1.54, 1.807) is 0 Å². The van der Waals surface area contributed by atoms with E-state index in [1.165, 1.54) is 18.4 Å². The molecule has 2 aliphatic carbocycles. The van der Waals surface area contributed by atoms with Gasteiger partial charge >= 0.3 is 5.97 Å². The van der Waals surface area contributed by atoms with Gasteiger partial charge in [-0.1, -0.05) is 6.07 Å². The highest BCUT2D eigenvalue weighted by Crippen LogP contribution is 2.33. The Morgan fingerprint density at radius 3 is 2.79 bits per heavy atom. The summed E-state index contributed by atoms with van der Waals surface area (Å²) in [4.78, 5) is 17.6. The summed E-state index contributed by atoms with van der Waals surface area (Å²) in [6, 6.07) is 5.24. The Kier molecular flexibility index (Phi) is 5.85. The van der Waals surface area contributed by atoms with Crippen LogP contribution in [0.25, 0.3) is 0 Å². The van der Waals surface area contributed by atoms with Crippen LogP contribution in [0.1, 0.15) is 43.4 Å². The molecule has 24 heavy (non-hydrogen) atoms. The second-order valence-electron chi connectivity index (χ2n) is 7.45. The molecule has 0 spiro atoms. The molecule has 0 aliphatic heterocycles. The maximum Gasteiger partial charge on any atom is 0.317 e. The van der Waals surface area contributed by atoms with Gasteiger partial charge in [-0.15, -0.1) is 0 Å². The van der Waals surface area contributed by atoms with Gasteiger partial charge in [-0.3, -0.25) is 14.7 Å². The smallest absolute Gasteiger partial charge is 0.317 e. The third-order valence-corrected chi connectivity index (χ3v) is 5.21. The molecule has 0 amide bonds. The number of carboxylic acids is 1. The van der Waals surface area contributed by atoms with Crippen molar-refractivity contribution in [2.24, 2.45) is 5.92 Å². The monoisotopic (exact) mass is 331 g/mol. The van der Waals surface area contributed by atoms with Gasteiger partial charge in [0.15, 0.2) is 0 Å². The molecule has 0 saturated heterocycles. The number of aromatic nitrogens is 1. The fraction of sp³-hybridized carbons (Fsp3) is 0.684. The van der Waals surface area contributed by atoms with E-state index in [0.717, 1.165) is 50.4 Å². The van der Waals surface area contributed by atoms with Gasteiger partial charge in [0.25, 0.3) is 0 Å². The van der Waals surface area contributed by atoms with Crippen molar-refractivity contribution in [2.75, 3.05) is 19.6 Å². The lowest BCUT2D eigenvalue weighted by molar-refractivity contribution is -0.139. The Morgan fingerprint density at radius 1 is 1.38 bits per heavy atom. The molecule has 5 nitrogen and oxygen atoms in total. The van der Waals surface area contributed by atoms with Crippen LogP contribution >= 0.6 is 0 Å². The Hall–Kier alpha value is -1.46. The Morgan fingerprint density at radius 2 is 2.17 bits per heavy atom. The quantitative estimate of drug-likeness (QED) is 0.644. The van der Waals surface area contributed by atoms with Gasteiger partial charge in [0.2, 0.25) is 0 Å². The van der Waals surface area contributed by atoms with Crippen molar-refractivity contribution in [3.63, 3.8) is 0 Å². The van der Waals surface area contributed by atoms with Gasteiger partial charge in [0.05, 0.1) is 6.54 Å². The minimum atomic E-state index is -0.696. The van der Waals surface area contributed by atoms with Crippen LogP contribution < -0.4 is 5.32 Å². The third-order valence-electron chi connectivity index (χ3n) is 5.21. The summed E-state index contributed by atoms with van der Waals surface area (Å²) >= 11 is 0. The summed E-state index contributed by atoms with van der Waals surface area (Å²) in [7, 11) is 0. The zero-order valence-corrected chi connectivity index (χ0v) is 14.6. The molecule has 0 radical (unpaired) electrons. The fourth-order valence-corrected chi connectivity index (χ4v) is 3.45. The summed E-state index contributed by atoms with van der Waals surface area (Å²) in [6.07, 6.45) is 8.88. The number of hydrogen-bond donors (Lipinski definition) is 2. The molecule has 132 valence electrons. The van der Waals surface area contributed by atoms with Crippen LogP contribution in [0.15, 0.2) is 18.3 Å². The SMILES string of the molecule is Cc1ccc(CCCNC2CC(N(CC(=O)O)CC3CC3)C2)cn1. The average Bonchev–Trinajstić information content (AvgIpc) is 3.30. The molecule has 1 aromatic heterocycles. The number of pyridine rings is 1. The van der Waals surface area contributed by atoms with E-state index in [1.807, 2.05) is 13.1 Å². The minimum absolute atomic E-state index is 0.203. The van der Waals surface area contributed by atoms with E-state index >= 15 is 0 Å². The maximum absolute atomic E-state index is 11.0. The summed E-state index contributed by atoms with van der Waals surface area (Å²) in [5.41, 5.74) is 2.36. The van der Waals surface area contributed by atoms with Crippen LogP contribution in [0.4, 0.5) is 0 Å². The van der Waals surface area contributed by atoms with Gasteiger partial charge in [-0.25, -0.2) is 0 Å². The maximum atomic E-state index is 11.0. The Labute approximate surface area is 144 Å². The van der Waals surface area contributed by atoms with Gasteiger partial charge in [-0.2, -0.15) is 0 Å². The Bertz CT molecular complexity index is 536. The zero-order chi connectivity index (χ0) is 16.9. The molecule has 2 N–H and O–H groups in total. The molecule has 0 bridgehead atoms. The highest BCUT2D eigenvalue weighted by molar-refractivity contribution is 5.69. The molecule has 1 heterocycles. The van der Waals surface area contributed by atoms with Crippen molar-refractivity contribution in [3.05, 3.63) is 29.6 Å². The first-order valence-electron chi connectivity index (χ1n) is 9.21. The number of rotatable bonds is 10. The number of hydrogen-bond acceptors (Lipinski definition) is 4. The molecule has 1 aromatic rings. The van der Waals surface area contributed by atoms with Crippen LogP contribution in [0.5, 0.6) is 0 Å². The van der Waals surface area contributed by atoms with Gasteiger partial charge < -0.3 is 10.4 Å². The van der Waals surface area contributed by atoms with Gasteiger partial charge in [0, 0.05) is 30.5 Å². The summed E-state index contributed by atoms with van der Waals surface area (Å²) < 4.78 is 0. The second-order valence-corrected chi connectivity index (χ2v) is 7.45. The molecule has 0 atom stereocenters. The van der Waals surface area contributed by atoms with Crippen molar-refractivity contribution in [3.8, 4) is 0 Å². The lowest BCUT2D eigenvalue weighted by Crippen LogP contribution is -2.54. The van der Waals surface area contributed by atoms with Crippen molar-refractivity contribution >= 4 is 5.97 Å². The number of carbonyl (C=O) groups is 1. The molecule has 2 saturated carbocycles. The van der Waals surface area contributed by atoms with Crippen LogP contribution in [-0.2, 0) is 11.2 Å². The number of carboxylic acid groups (broad SMARTS) is 1. The summed E-state index contributed by atoms with van der Waals surface area (Å²) in [5.74, 6) is 0.0539. The first-order chi connectivity index (χ1) is 11.6. The second kappa shape index (κ2) is 8.08. The largest absolute Gasteiger partial charge is 0.480 e. The lowest BCUT2D eigenvalue weighted by atomic mass is 9.85. The van der Waals surface area contributed by atoms with E-state index in [4.69, 9.17) is 5.11 Å². The molecular formula is C19H29N3O2. The zero-order valence-electron chi connectivity index (χ0n) is 14.6. The molecule has 3 rings (SSSR count). The van der Waals surface area contributed by atoms with Gasteiger partial charge in [-0.05, 0) is 69.5 Å². The Balaban J connectivity index is 1.31. The predicted octanol–water partition coefficient (Wildman–Crippen LogP) is 2.24. The first-order valence-corrected chi connectivity index (χ1v) is 9.21. The van der Waals surface area contributed by atoms with Crippen molar-refractivity contribution in [1.82, 2.24) is 15.2 Å². The van der Waals surface area contributed by atoms with Crippen molar-refractivity contribution in [2.45, 2.75) is 57.5 Å². The van der Waals surface area contributed by atoms with E-state index in [9.17, 15) is 4.79 Å². The molecule has 2 aliphatic rings. The van der Waals surface area contributed by atoms with Crippen molar-refractivity contribution in [1.29, 1.82) is 0 Å². The van der Waals surface area contributed by atoms with Crippen molar-refractivity contribution < 1.29 is 9.90 Å². The number of nitrogens with one attached hydrogen (secondary N) is 1. The molecular weight excluding hydrogens is 302 g/mol. The predicted molar refractivity (Wildman–Crippen MR) is 94.0 cm³/mol. The summed E-state index contributed by atoms with van der Waals surface area (Å²) in [6.45, 7) is 4.21. The van der Waals surface area contributed by atoms with Crippen LogP contribution in [0, 0.1) is 12.8 Å². The van der Waals surface area contributed by atoms with E-state index in [2.05, 4.69) is 27.3 Å². The highest BCUT2D eigenvalue weighted by Gasteiger charge is 2.36. The lowest BCUT2D eigenvalue weighted by Gasteiger charge is -2.43. The standard InChI is InChI=1S/C19H29N3O2/c1-14-4-5-15(11-21-14)3-2-8-20-17-9-18(10-17)22(13-19(23)24)12-16-6-7-16/h4-5,11,16-18,20H,2-3,6-10,12-13H2,1H3,(H,23,24). The molecule has 0 unspecified atom stereocenters. The molecule has 5 heteroatoms. The van der Waals surface area contributed by atoms with Crippen LogP contribution in [-0.4, -0.2) is 52.7 Å². The summed E-state index contributed by atoms with van der Waals surface area (Å²) in [5, 5.41) is 12.7. The van der Waals surface area contributed by atoms with Crippen LogP contribution in [0.3, 0.4) is 0 Å². The highest BCUT2D eigenvalue weighted by atomic mass is 16.4. The number of aliphatic carboxylic acids is 1. The van der Waals surface area contributed by atoms with E-state index in [-0.39, 0.29) is 6.54 Å². The normalized spacial score (nSPS) is 23.2. The third kappa shape index (κ3) is 5.28. The fourth-order valence-electron chi connectivity index (χ4n) is 3.45.